The Bertz CT molecular complexity index is 297. The maximum absolute atomic E-state index is 10.3. The van der Waals surface area contributed by atoms with Crippen molar-refractivity contribution in [2.75, 3.05) is 7.11 Å². The fourth-order valence-corrected chi connectivity index (χ4v) is 0.847. The molecule has 76 valence electrons. The SMILES string of the molecule is COC(=O)C(C)C.c1ccc2c(c1)O2. The van der Waals surface area contributed by atoms with Gasteiger partial charge in [-0.2, -0.15) is 0 Å². The van der Waals surface area contributed by atoms with Gasteiger partial charge in [0.2, 0.25) is 0 Å². The number of methoxy groups -OCH3 is 1. The maximum atomic E-state index is 10.3. The summed E-state index contributed by atoms with van der Waals surface area (Å²) in [5.41, 5.74) is 0. The lowest BCUT2D eigenvalue weighted by Crippen LogP contribution is -2.07. The van der Waals surface area contributed by atoms with Gasteiger partial charge in [-0.1, -0.05) is 26.0 Å². The van der Waals surface area contributed by atoms with Crippen molar-refractivity contribution in [1.29, 1.82) is 0 Å². The van der Waals surface area contributed by atoms with Gasteiger partial charge in [0.25, 0.3) is 0 Å². The topological polar surface area (TPSA) is 38.8 Å². The molecule has 1 aliphatic rings. The zero-order valence-corrected chi connectivity index (χ0v) is 8.61. The van der Waals surface area contributed by atoms with Crippen LogP contribution in [0.5, 0.6) is 11.5 Å². The van der Waals surface area contributed by atoms with Crippen molar-refractivity contribution in [2.45, 2.75) is 13.8 Å². The van der Waals surface area contributed by atoms with E-state index < -0.39 is 0 Å². The fraction of sp³-hybridized carbons (Fsp3) is 0.364. The summed E-state index contributed by atoms with van der Waals surface area (Å²) in [4.78, 5) is 10.3. The average Bonchev–Trinajstić information content (AvgIpc) is 2.96. The molecule has 0 unspecified atom stereocenters. The molecule has 0 N–H and O–H groups in total. The first kappa shape index (κ1) is 10.6. The number of hydrogen-bond acceptors (Lipinski definition) is 3. The van der Waals surface area contributed by atoms with E-state index in [-0.39, 0.29) is 11.9 Å². The highest BCUT2D eigenvalue weighted by atomic mass is 16.6. The van der Waals surface area contributed by atoms with E-state index in [1.54, 1.807) is 13.8 Å². The standard InChI is InChI=1S/C6H4O.C5H10O2/c1-2-4-6-5(3-1)7-6;1-4(2)5(6)7-3/h1-4H;4H,1-3H3. The second-order valence-corrected chi connectivity index (χ2v) is 3.23. The summed E-state index contributed by atoms with van der Waals surface area (Å²) in [5.74, 6) is 1.91. The number of carbonyl (C=O) groups is 1. The van der Waals surface area contributed by atoms with Crippen molar-refractivity contribution < 1.29 is 14.3 Å². The first-order valence-electron chi connectivity index (χ1n) is 4.50. The Morgan fingerprint density at radius 2 is 1.79 bits per heavy atom. The highest BCUT2D eigenvalue weighted by Gasteiger charge is 2.15. The number of carbonyl (C=O) groups excluding carboxylic acids is 1. The second-order valence-electron chi connectivity index (χ2n) is 3.23. The summed E-state index contributed by atoms with van der Waals surface area (Å²) in [6.07, 6.45) is 0. The number of benzene rings is 1. The lowest BCUT2D eigenvalue weighted by molar-refractivity contribution is -0.144. The number of esters is 1. The third-order valence-electron chi connectivity index (χ3n) is 1.70. The largest absolute Gasteiger partial charge is 0.469 e. The van der Waals surface area contributed by atoms with Gasteiger partial charge in [-0.05, 0) is 12.1 Å². The van der Waals surface area contributed by atoms with Crippen LogP contribution in [0.15, 0.2) is 24.3 Å². The van der Waals surface area contributed by atoms with Crippen molar-refractivity contribution in [3.05, 3.63) is 24.3 Å². The van der Waals surface area contributed by atoms with Gasteiger partial charge in [-0.3, -0.25) is 4.79 Å². The summed E-state index contributed by atoms with van der Waals surface area (Å²) < 4.78 is 9.31. The number of para-hydroxylation sites is 2. The number of hydrogen-bond donors (Lipinski definition) is 0. The monoisotopic (exact) mass is 194 g/mol. The predicted octanol–water partition coefficient (Wildman–Crippen LogP) is 2.61. The van der Waals surface area contributed by atoms with Crippen LogP contribution >= 0.6 is 0 Å². The smallest absolute Gasteiger partial charge is 0.308 e. The van der Waals surface area contributed by atoms with Crippen LogP contribution in [0.25, 0.3) is 0 Å². The molecule has 1 heterocycles. The summed E-state index contributed by atoms with van der Waals surface area (Å²) in [7, 11) is 1.39. The molecule has 2 rings (SSSR count). The third-order valence-corrected chi connectivity index (χ3v) is 1.70. The Morgan fingerprint density at radius 3 is 2.00 bits per heavy atom. The summed E-state index contributed by atoms with van der Waals surface area (Å²) in [5, 5.41) is 0. The molecule has 0 aromatic heterocycles. The summed E-state index contributed by atoms with van der Waals surface area (Å²) in [6.45, 7) is 3.59. The molecule has 0 atom stereocenters. The van der Waals surface area contributed by atoms with E-state index in [1.807, 2.05) is 24.3 Å². The molecular formula is C11H14O3. The predicted molar refractivity (Wildman–Crippen MR) is 53.4 cm³/mol. The normalized spacial score (nSPS) is 10.6. The lowest BCUT2D eigenvalue weighted by Gasteiger charge is -1.97. The number of fused-ring (bicyclic) bond motifs is 1. The average molecular weight is 194 g/mol. The third kappa shape index (κ3) is 3.09. The molecule has 0 radical (unpaired) electrons. The van der Waals surface area contributed by atoms with Gasteiger partial charge >= 0.3 is 5.97 Å². The zero-order chi connectivity index (χ0) is 10.6. The minimum Gasteiger partial charge on any atom is -0.469 e. The Labute approximate surface area is 83.6 Å². The molecule has 0 aliphatic carbocycles. The maximum Gasteiger partial charge on any atom is 0.308 e. The molecule has 0 bridgehead atoms. The molecular weight excluding hydrogens is 180 g/mol. The number of ether oxygens (including phenoxy) is 2. The van der Waals surface area contributed by atoms with E-state index in [0.717, 1.165) is 11.5 Å². The Kier molecular flexibility index (Phi) is 3.51. The molecule has 3 heteroatoms. The quantitative estimate of drug-likeness (QED) is 0.517. The van der Waals surface area contributed by atoms with Crippen LogP contribution < -0.4 is 4.74 Å². The summed E-state index contributed by atoms with van der Waals surface area (Å²) >= 11 is 0. The van der Waals surface area contributed by atoms with E-state index >= 15 is 0 Å². The second kappa shape index (κ2) is 4.65. The van der Waals surface area contributed by atoms with Gasteiger partial charge in [0.1, 0.15) is 0 Å². The van der Waals surface area contributed by atoms with Crippen LogP contribution in [0.2, 0.25) is 0 Å². The molecule has 0 spiro atoms. The van der Waals surface area contributed by atoms with Crippen LogP contribution in [-0.4, -0.2) is 13.1 Å². The van der Waals surface area contributed by atoms with Gasteiger partial charge < -0.3 is 9.47 Å². The minimum atomic E-state index is -0.153. The molecule has 14 heavy (non-hydrogen) atoms. The van der Waals surface area contributed by atoms with E-state index in [0.29, 0.717) is 0 Å². The van der Waals surface area contributed by atoms with Gasteiger partial charge in [0.05, 0.1) is 13.0 Å². The molecule has 1 aromatic carbocycles. The molecule has 1 aliphatic heterocycles. The van der Waals surface area contributed by atoms with Crippen molar-refractivity contribution in [3.8, 4) is 11.5 Å². The molecule has 0 amide bonds. The van der Waals surface area contributed by atoms with Gasteiger partial charge in [-0.15, -0.1) is 0 Å². The van der Waals surface area contributed by atoms with E-state index in [4.69, 9.17) is 4.74 Å². The molecule has 1 aromatic rings. The molecule has 0 saturated heterocycles. The Balaban J connectivity index is 0.000000140. The first-order chi connectivity index (χ1) is 6.65. The van der Waals surface area contributed by atoms with Gasteiger partial charge in [-0.25, -0.2) is 0 Å². The molecule has 3 nitrogen and oxygen atoms in total. The highest BCUT2D eigenvalue weighted by molar-refractivity contribution is 5.71. The van der Waals surface area contributed by atoms with Crippen LogP contribution in [0.3, 0.4) is 0 Å². The molecule has 0 saturated carbocycles. The fourth-order valence-electron chi connectivity index (χ4n) is 0.847. The van der Waals surface area contributed by atoms with E-state index in [1.165, 1.54) is 7.11 Å². The van der Waals surface area contributed by atoms with Gasteiger partial charge in [0, 0.05) is 0 Å². The van der Waals surface area contributed by atoms with E-state index in [2.05, 4.69) is 4.74 Å². The van der Waals surface area contributed by atoms with Crippen molar-refractivity contribution in [3.63, 3.8) is 0 Å². The van der Waals surface area contributed by atoms with Crippen LogP contribution in [0, 0.1) is 5.92 Å². The van der Waals surface area contributed by atoms with E-state index in [9.17, 15) is 4.79 Å². The van der Waals surface area contributed by atoms with Crippen LogP contribution in [0.1, 0.15) is 13.8 Å². The Hall–Kier alpha value is -1.51. The summed E-state index contributed by atoms with van der Waals surface area (Å²) in [6, 6.07) is 7.84. The highest BCUT2D eigenvalue weighted by Crippen LogP contribution is 2.43. The van der Waals surface area contributed by atoms with Crippen molar-refractivity contribution >= 4 is 5.97 Å². The minimum absolute atomic E-state index is 0.00463. The van der Waals surface area contributed by atoms with Gasteiger partial charge in [0.15, 0.2) is 11.5 Å². The van der Waals surface area contributed by atoms with Crippen molar-refractivity contribution in [2.24, 2.45) is 5.92 Å². The zero-order valence-electron chi connectivity index (χ0n) is 8.61. The van der Waals surface area contributed by atoms with Crippen molar-refractivity contribution in [1.82, 2.24) is 0 Å². The molecule has 0 fully saturated rings. The lowest BCUT2D eigenvalue weighted by atomic mass is 10.2. The van der Waals surface area contributed by atoms with Crippen LogP contribution in [0.4, 0.5) is 0 Å². The van der Waals surface area contributed by atoms with Crippen LogP contribution in [-0.2, 0) is 9.53 Å². The Morgan fingerprint density at radius 1 is 1.29 bits per heavy atom. The number of rotatable bonds is 1. The first-order valence-corrected chi connectivity index (χ1v) is 4.50.